The molecule has 1 aromatic carbocycles. The molecular weight excluding hydrogens is 233 g/mol. The molecule has 0 aliphatic carbocycles. The molecule has 2 rings (SSSR count). The van der Waals surface area contributed by atoms with Crippen LogP contribution in [0.3, 0.4) is 0 Å². The molecule has 0 saturated carbocycles. The van der Waals surface area contributed by atoms with Crippen LogP contribution in [0.15, 0.2) is 36.9 Å². The van der Waals surface area contributed by atoms with Crippen LogP contribution in [-0.4, -0.2) is 19.9 Å². The average molecular weight is 242 g/mol. The fourth-order valence-electron chi connectivity index (χ4n) is 1.31. The van der Waals surface area contributed by atoms with Crippen LogP contribution >= 0.6 is 11.6 Å². The number of nitrogens with zero attached hydrogens (tertiary/aromatic N) is 3. The van der Waals surface area contributed by atoms with E-state index in [1.54, 1.807) is 24.3 Å². The first-order valence-electron chi connectivity index (χ1n) is 4.60. The molecule has 0 aliphatic rings. The Morgan fingerprint density at radius 2 is 2.00 bits per heavy atom. The van der Waals surface area contributed by atoms with Crippen molar-refractivity contribution >= 4 is 11.6 Å². The van der Waals surface area contributed by atoms with Crippen molar-refractivity contribution in [1.82, 2.24) is 14.8 Å². The van der Waals surface area contributed by atoms with Gasteiger partial charge in [0.2, 0.25) is 6.30 Å². The number of halogens is 2. The smallest absolute Gasteiger partial charge is 0.223 e. The molecule has 0 saturated heterocycles. The van der Waals surface area contributed by atoms with Crippen LogP contribution in [0, 0.1) is 0 Å². The quantitative estimate of drug-likeness (QED) is 0.896. The molecule has 4 nitrogen and oxygen atoms in total. The zero-order chi connectivity index (χ0) is 11.5. The molecule has 1 aromatic heterocycles. The Morgan fingerprint density at radius 1 is 1.31 bits per heavy atom. The molecular formula is C10H9ClFN3O. The predicted octanol–water partition coefficient (Wildman–Crippen LogP) is 2.13. The number of alkyl halides is 1. The van der Waals surface area contributed by atoms with Crippen molar-refractivity contribution in [2.75, 3.05) is 0 Å². The number of aliphatic hydroxyl groups is 1. The third-order valence-electron chi connectivity index (χ3n) is 2.16. The van der Waals surface area contributed by atoms with E-state index in [9.17, 15) is 9.50 Å². The summed E-state index contributed by atoms with van der Waals surface area (Å²) in [4.78, 5) is 3.61. The summed E-state index contributed by atoms with van der Waals surface area (Å²) in [6, 6.07) is 6.31. The molecule has 84 valence electrons. The summed E-state index contributed by atoms with van der Waals surface area (Å²) in [7, 11) is 0. The van der Waals surface area contributed by atoms with Gasteiger partial charge >= 0.3 is 0 Å². The zero-order valence-corrected chi connectivity index (χ0v) is 8.92. The second-order valence-corrected chi connectivity index (χ2v) is 3.68. The van der Waals surface area contributed by atoms with Gasteiger partial charge in [-0.2, -0.15) is 5.10 Å². The Hall–Kier alpha value is -1.46. The van der Waals surface area contributed by atoms with Crippen LogP contribution in [0.4, 0.5) is 4.39 Å². The van der Waals surface area contributed by atoms with E-state index in [1.165, 1.54) is 12.7 Å². The minimum atomic E-state index is -1.66. The zero-order valence-electron chi connectivity index (χ0n) is 8.16. The summed E-state index contributed by atoms with van der Waals surface area (Å²) in [5, 5.41) is 13.9. The SMILES string of the molecule is OC(c1ccc(Cl)cc1)C(F)n1cncn1. The maximum absolute atomic E-state index is 13.7. The van der Waals surface area contributed by atoms with Gasteiger partial charge < -0.3 is 5.11 Å². The summed E-state index contributed by atoms with van der Waals surface area (Å²) in [5.74, 6) is 0. The first kappa shape index (κ1) is 11.0. The lowest BCUT2D eigenvalue weighted by Crippen LogP contribution is -2.14. The van der Waals surface area contributed by atoms with Gasteiger partial charge in [0.1, 0.15) is 18.8 Å². The van der Waals surface area contributed by atoms with Gasteiger partial charge in [0.05, 0.1) is 0 Å². The molecule has 0 aliphatic heterocycles. The lowest BCUT2D eigenvalue weighted by atomic mass is 10.1. The van der Waals surface area contributed by atoms with E-state index >= 15 is 0 Å². The second-order valence-electron chi connectivity index (χ2n) is 3.24. The van der Waals surface area contributed by atoms with Crippen molar-refractivity contribution in [3.63, 3.8) is 0 Å². The van der Waals surface area contributed by atoms with Gasteiger partial charge in [-0.05, 0) is 17.7 Å². The molecule has 0 bridgehead atoms. The van der Waals surface area contributed by atoms with Gasteiger partial charge in [0.15, 0.2) is 0 Å². The number of aromatic nitrogens is 3. The Labute approximate surface area is 96.3 Å². The maximum Gasteiger partial charge on any atom is 0.223 e. The number of benzene rings is 1. The molecule has 6 heteroatoms. The van der Waals surface area contributed by atoms with E-state index < -0.39 is 12.4 Å². The van der Waals surface area contributed by atoms with Gasteiger partial charge in [0.25, 0.3) is 0 Å². The highest BCUT2D eigenvalue weighted by Gasteiger charge is 2.22. The van der Waals surface area contributed by atoms with Gasteiger partial charge in [-0.3, -0.25) is 0 Å². The lowest BCUT2D eigenvalue weighted by Gasteiger charge is -2.15. The maximum atomic E-state index is 13.7. The van der Waals surface area contributed by atoms with E-state index in [1.807, 2.05) is 0 Å². The molecule has 1 N–H and O–H groups in total. The van der Waals surface area contributed by atoms with Gasteiger partial charge in [-0.1, -0.05) is 23.7 Å². The largest absolute Gasteiger partial charge is 0.383 e. The molecule has 2 aromatic rings. The third kappa shape index (κ3) is 2.20. The van der Waals surface area contributed by atoms with Crippen molar-refractivity contribution < 1.29 is 9.50 Å². The minimum Gasteiger partial charge on any atom is -0.383 e. The summed E-state index contributed by atoms with van der Waals surface area (Å²) in [5.41, 5.74) is 0.437. The summed E-state index contributed by atoms with van der Waals surface area (Å²) in [6.07, 6.45) is -0.534. The van der Waals surface area contributed by atoms with Gasteiger partial charge in [-0.25, -0.2) is 14.1 Å². The molecule has 0 spiro atoms. The van der Waals surface area contributed by atoms with E-state index in [0.29, 0.717) is 10.6 Å². The predicted molar refractivity (Wildman–Crippen MR) is 56.6 cm³/mol. The van der Waals surface area contributed by atoms with Crippen LogP contribution < -0.4 is 0 Å². The number of rotatable bonds is 3. The van der Waals surface area contributed by atoms with Gasteiger partial charge in [0, 0.05) is 5.02 Å². The summed E-state index contributed by atoms with van der Waals surface area (Å²) >= 11 is 5.69. The van der Waals surface area contributed by atoms with E-state index in [0.717, 1.165) is 4.68 Å². The van der Waals surface area contributed by atoms with E-state index in [-0.39, 0.29) is 0 Å². The highest BCUT2D eigenvalue weighted by atomic mass is 35.5. The fraction of sp³-hybridized carbons (Fsp3) is 0.200. The number of hydrogen-bond acceptors (Lipinski definition) is 3. The second kappa shape index (κ2) is 4.59. The first-order valence-corrected chi connectivity index (χ1v) is 4.98. The lowest BCUT2D eigenvalue weighted by molar-refractivity contribution is 0.0253. The Bertz CT molecular complexity index is 446. The standard InChI is InChI=1S/C10H9ClFN3O/c11-8-3-1-7(2-4-8)9(16)10(12)15-6-13-5-14-15/h1-6,9-10,16H. The van der Waals surface area contributed by atoms with Crippen LogP contribution in [0.1, 0.15) is 18.0 Å². The number of hydrogen-bond donors (Lipinski definition) is 1. The molecule has 16 heavy (non-hydrogen) atoms. The van der Waals surface area contributed by atoms with Crippen molar-refractivity contribution in [2.45, 2.75) is 12.4 Å². The Kier molecular flexibility index (Phi) is 3.17. The normalized spacial score (nSPS) is 14.7. The van der Waals surface area contributed by atoms with Crippen LogP contribution in [0.25, 0.3) is 0 Å². The fourth-order valence-corrected chi connectivity index (χ4v) is 1.43. The first-order chi connectivity index (χ1) is 7.68. The summed E-state index contributed by atoms with van der Waals surface area (Å²) in [6.45, 7) is 0. The molecule has 1 heterocycles. The third-order valence-corrected chi connectivity index (χ3v) is 2.41. The molecule has 0 fully saturated rings. The van der Waals surface area contributed by atoms with Crippen LogP contribution in [0.2, 0.25) is 5.02 Å². The molecule has 0 radical (unpaired) electrons. The number of aliphatic hydroxyl groups excluding tert-OH is 1. The molecule has 2 atom stereocenters. The van der Waals surface area contributed by atoms with Crippen molar-refractivity contribution in [2.24, 2.45) is 0 Å². The van der Waals surface area contributed by atoms with Crippen LogP contribution in [-0.2, 0) is 0 Å². The van der Waals surface area contributed by atoms with E-state index in [2.05, 4.69) is 10.1 Å². The average Bonchev–Trinajstić information content (AvgIpc) is 2.81. The van der Waals surface area contributed by atoms with Gasteiger partial charge in [-0.15, -0.1) is 0 Å². The molecule has 2 unspecified atom stereocenters. The topological polar surface area (TPSA) is 50.9 Å². The molecule has 0 amide bonds. The van der Waals surface area contributed by atoms with Crippen molar-refractivity contribution in [3.8, 4) is 0 Å². The van der Waals surface area contributed by atoms with Crippen LogP contribution in [0.5, 0.6) is 0 Å². The summed E-state index contributed by atoms with van der Waals surface area (Å²) < 4.78 is 14.7. The van der Waals surface area contributed by atoms with E-state index in [4.69, 9.17) is 11.6 Å². The Balaban J connectivity index is 2.19. The minimum absolute atomic E-state index is 0.437. The Morgan fingerprint density at radius 3 is 2.56 bits per heavy atom. The van der Waals surface area contributed by atoms with Crippen molar-refractivity contribution in [3.05, 3.63) is 47.5 Å². The monoisotopic (exact) mass is 241 g/mol. The van der Waals surface area contributed by atoms with Crippen molar-refractivity contribution in [1.29, 1.82) is 0 Å². The highest BCUT2D eigenvalue weighted by Crippen LogP contribution is 2.27. The highest BCUT2D eigenvalue weighted by molar-refractivity contribution is 6.30.